The third kappa shape index (κ3) is 4.11. The molecule has 2 nitrogen and oxygen atoms in total. The minimum atomic E-state index is -0.288. The number of carbonyl (C=O) groups excluding carboxylic acids is 1. The fraction of sp³-hybridized carbons (Fsp3) is 0.182. The summed E-state index contributed by atoms with van der Waals surface area (Å²) in [5.74, 6) is -0.288. The average molecular weight is 176 g/mol. The Hall–Kier alpha value is -1.57. The van der Waals surface area contributed by atoms with Crippen molar-refractivity contribution in [3.05, 3.63) is 48.2 Å². The Balaban J connectivity index is 2.35. The summed E-state index contributed by atoms with van der Waals surface area (Å²) in [7, 11) is 0. The highest BCUT2D eigenvalue weighted by atomic mass is 16.5. The van der Waals surface area contributed by atoms with Crippen LogP contribution in [0.5, 0.6) is 0 Å². The molecule has 68 valence electrons. The Bertz CT molecular complexity index is 288. The quantitative estimate of drug-likeness (QED) is 0.521. The number of hydrogen-bond donors (Lipinski definition) is 0. The molecular weight excluding hydrogens is 164 g/mol. The predicted octanol–water partition coefficient (Wildman–Crippen LogP) is 2.31. The van der Waals surface area contributed by atoms with Gasteiger partial charge in [0, 0.05) is 6.92 Å². The number of esters is 1. The molecule has 13 heavy (non-hydrogen) atoms. The van der Waals surface area contributed by atoms with Crippen molar-refractivity contribution in [2.45, 2.75) is 13.3 Å². The van der Waals surface area contributed by atoms with Crippen LogP contribution in [0, 0.1) is 0 Å². The monoisotopic (exact) mass is 176 g/mol. The zero-order chi connectivity index (χ0) is 9.52. The second-order valence-corrected chi connectivity index (χ2v) is 2.67. The van der Waals surface area contributed by atoms with Gasteiger partial charge in [-0.25, -0.2) is 0 Å². The highest BCUT2D eigenvalue weighted by Crippen LogP contribution is 1.99. The molecular formula is C11H12O2. The van der Waals surface area contributed by atoms with E-state index in [-0.39, 0.29) is 5.97 Å². The maximum Gasteiger partial charge on any atom is 0.307 e. The number of rotatable bonds is 3. The zero-order valence-electron chi connectivity index (χ0n) is 7.57. The van der Waals surface area contributed by atoms with Gasteiger partial charge in [0.25, 0.3) is 0 Å². The van der Waals surface area contributed by atoms with E-state index in [1.54, 1.807) is 0 Å². The van der Waals surface area contributed by atoms with Crippen LogP contribution in [0.4, 0.5) is 0 Å². The molecule has 0 radical (unpaired) electrons. The van der Waals surface area contributed by atoms with Crippen molar-refractivity contribution >= 4 is 5.97 Å². The van der Waals surface area contributed by atoms with Crippen molar-refractivity contribution in [2.75, 3.05) is 0 Å². The Labute approximate surface area is 77.8 Å². The lowest BCUT2D eigenvalue weighted by molar-refractivity contribution is -0.135. The molecule has 0 spiro atoms. The van der Waals surface area contributed by atoms with Crippen LogP contribution in [0.2, 0.25) is 0 Å². The van der Waals surface area contributed by atoms with Crippen molar-refractivity contribution in [3.8, 4) is 0 Å². The predicted molar refractivity (Wildman–Crippen MR) is 51.1 cm³/mol. The van der Waals surface area contributed by atoms with Gasteiger partial charge in [0.15, 0.2) is 0 Å². The van der Waals surface area contributed by atoms with Gasteiger partial charge in [0.2, 0.25) is 0 Å². The summed E-state index contributed by atoms with van der Waals surface area (Å²) >= 11 is 0. The maximum absolute atomic E-state index is 10.4. The van der Waals surface area contributed by atoms with Crippen molar-refractivity contribution in [1.29, 1.82) is 0 Å². The van der Waals surface area contributed by atoms with E-state index in [2.05, 4.69) is 4.74 Å². The van der Waals surface area contributed by atoms with Crippen LogP contribution in [0.3, 0.4) is 0 Å². The van der Waals surface area contributed by atoms with Gasteiger partial charge in [-0.1, -0.05) is 30.3 Å². The molecule has 0 heterocycles. The van der Waals surface area contributed by atoms with Crippen LogP contribution in [0.25, 0.3) is 0 Å². The molecule has 1 rings (SSSR count). The molecule has 0 aromatic heterocycles. The smallest absolute Gasteiger partial charge is 0.307 e. The molecule has 1 aromatic carbocycles. The molecule has 0 saturated heterocycles. The van der Waals surface area contributed by atoms with E-state index in [9.17, 15) is 4.79 Å². The van der Waals surface area contributed by atoms with Crippen LogP contribution in [0.1, 0.15) is 12.5 Å². The van der Waals surface area contributed by atoms with E-state index in [0.717, 1.165) is 6.42 Å². The van der Waals surface area contributed by atoms with Gasteiger partial charge in [-0.2, -0.15) is 0 Å². The number of ether oxygens (including phenoxy) is 1. The third-order valence-electron chi connectivity index (χ3n) is 1.53. The van der Waals surface area contributed by atoms with E-state index >= 15 is 0 Å². The summed E-state index contributed by atoms with van der Waals surface area (Å²) in [5, 5.41) is 0. The topological polar surface area (TPSA) is 26.3 Å². The molecule has 0 saturated carbocycles. The number of carbonyl (C=O) groups is 1. The summed E-state index contributed by atoms with van der Waals surface area (Å²) in [6.45, 7) is 1.38. The summed E-state index contributed by atoms with van der Waals surface area (Å²) < 4.78 is 4.64. The van der Waals surface area contributed by atoms with Crippen LogP contribution >= 0.6 is 0 Å². The molecule has 0 aliphatic carbocycles. The second kappa shape index (κ2) is 5.14. The normalized spacial score (nSPS) is 10.2. The van der Waals surface area contributed by atoms with Crippen LogP contribution in [-0.4, -0.2) is 5.97 Å². The lowest BCUT2D eigenvalue weighted by atomic mass is 10.2. The Kier molecular flexibility index (Phi) is 3.76. The second-order valence-electron chi connectivity index (χ2n) is 2.67. The molecule has 1 aromatic rings. The third-order valence-corrected chi connectivity index (χ3v) is 1.53. The number of hydrogen-bond acceptors (Lipinski definition) is 2. The first-order chi connectivity index (χ1) is 6.29. The zero-order valence-corrected chi connectivity index (χ0v) is 7.57. The van der Waals surface area contributed by atoms with Gasteiger partial charge >= 0.3 is 5.97 Å². The van der Waals surface area contributed by atoms with Crippen molar-refractivity contribution in [2.24, 2.45) is 0 Å². The molecule has 0 bridgehead atoms. The lowest BCUT2D eigenvalue weighted by Gasteiger charge is -1.94. The highest BCUT2D eigenvalue weighted by molar-refractivity contribution is 5.66. The fourth-order valence-electron chi connectivity index (χ4n) is 0.942. The van der Waals surface area contributed by atoms with Crippen LogP contribution in [-0.2, 0) is 16.0 Å². The first-order valence-corrected chi connectivity index (χ1v) is 4.15. The van der Waals surface area contributed by atoms with E-state index in [1.807, 2.05) is 36.4 Å². The van der Waals surface area contributed by atoms with E-state index in [4.69, 9.17) is 0 Å². The van der Waals surface area contributed by atoms with Crippen molar-refractivity contribution in [1.82, 2.24) is 0 Å². The summed E-state index contributed by atoms with van der Waals surface area (Å²) in [5.41, 5.74) is 1.20. The molecule has 0 aliphatic rings. The molecule has 0 atom stereocenters. The standard InChI is InChI=1S/C11H12O2/c1-10(12)13-9-5-8-11-6-3-2-4-7-11/h2-7,9H,8H2,1H3/b9-5+. The van der Waals surface area contributed by atoms with E-state index in [1.165, 1.54) is 18.7 Å². The summed E-state index contributed by atoms with van der Waals surface area (Å²) in [4.78, 5) is 10.4. The van der Waals surface area contributed by atoms with Gasteiger partial charge in [-0.05, 0) is 18.1 Å². The Morgan fingerprint density at radius 3 is 2.69 bits per heavy atom. The van der Waals surface area contributed by atoms with Gasteiger partial charge < -0.3 is 4.74 Å². The Morgan fingerprint density at radius 1 is 1.38 bits per heavy atom. The van der Waals surface area contributed by atoms with Crippen LogP contribution < -0.4 is 0 Å². The van der Waals surface area contributed by atoms with Gasteiger partial charge in [-0.15, -0.1) is 0 Å². The highest BCUT2D eigenvalue weighted by Gasteiger charge is 1.87. The average Bonchev–Trinajstić information content (AvgIpc) is 2.14. The molecule has 0 amide bonds. The number of allylic oxidation sites excluding steroid dienone is 1. The summed E-state index contributed by atoms with van der Waals surface area (Å²) in [6, 6.07) is 9.99. The minimum absolute atomic E-state index is 0.288. The van der Waals surface area contributed by atoms with Crippen LogP contribution in [0.15, 0.2) is 42.7 Å². The van der Waals surface area contributed by atoms with E-state index in [0.29, 0.717) is 0 Å². The molecule has 0 unspecified atom stereocenters. The fourth-order valence-corrected chi connectivity index (χ4v) is 0.942. The largest absolute Gasteiger partial charge is 0.435 e. The van der Waals surface area contributed by atoms with Gasteiger partial charge in [-0.3, -0.25) is 4.79 Å². The molecule has 0 aliphatic heterocycles. The number of benzene rings is 1. The first-order valence-electron chi connectivity index (χ1n) is 4.15. The molecule has 0 N–H and O–H groups in total. The molecule has 2 heteroatoms. The minimum Gasteiger partial charge on any atom is -0.435 e. The van der Waals surface area contributed by atoms with Gasteiger partial charge in [0.05, 0.1) is 6.26 Å². The first kappa shape index (κ1) is 9.52. The van der Waals surface area contributed by atoms with Crippen molar-refractivity contribution < 1.29 is 9.53 Å². The lowest BCUT2D eigenvalue weighted by Crippen LogP contribution is -1.89. The molecule has 0 fully saturated rings. The van der Waals surface area contributed by atoms with Crippen molar-refractivity contribution in [3.63, 3.8) is 0 Å². The van der Waals surface area contributed by atoms with Gasteiger partial charge in [0.1, 0.15) is 0 Å². The Morgan fingerprint density at radius 2 is 2.08 bits per heavy atom. The summed E-state index contributed by atoms with van der Waals surface area (Å²) in [6.07, 6.45) is 4.03. The van der Waals surface area contributed by atoms with E-state index < -0.39 is 0 Å². The maximum atomic E-state index is 10.4. The SMILES string of the molecule is CC(=O)O/C=C/Cc1ccccc1.